The average Bonchev–Trinajstić information content (AvgIpc) is 2.97. The van der Waals surface area contributed by atoms with E-state index in [0.717, 1.165) is 5.69 Å². The van der Waals surface area contributed by atoms with Crippen LogP contribution in [0, 0.1) is 0 Å². The van der Waals surface area contributed by atoms with Crippen molar-refractivity contribution in [1.82, 2.24) is 0 Å². The molecule has 0 saturated carbocycles. The monoisotopic (exact) mass is 309 g/mol. The quantitative estimate of drug-likeness (QED) is 0.527. The highest BCUT2D eigenvalue weighted by atomic mass is 14.7. The third kappa shape index (κ3) is 2.69. The van der Waals surface area contributed by atoms with Gasteiger partial charge in [0.1, 0.15) is 0 Å². The Labute approximate surface area is 143 Å². The first-order valence-corrected chi connectivity index (χ1v) is 8.28. The smallest absolute Gasteiger partial charge is 0.0629 e. The Morgan fingerprint density at radius 2 is 1.42 bits per heavy atom. The highest BCUT2D eigenvalue weighted by molar-refractivity contribution is 5.85. The maximum absolute atomic E-state index is 4.65. The Kier molecular flexibility index (Phi) is 3.84. The normalized spacial score (nSPS) is 16.2. The highest BCUT2D eigenvalue weighted by Crippen LogP contribution is 2.41. The molecule has 0 heterocycles. The van der Waals surface area contributed by atoms with Gasteiger partial charge in [-0.05, 0) is 41.3 Å². The SMILES string of the molecule is CC1=Cc2ccccc2C1c1ccccc1C=Nc1ccccc1. The van der Waals surface area contributed by atoms with E-state index in [4.69, 9.17) is 0 Å². The predicted molar refractivity (Wildman–Crippen MR) is 102 cm³/mol. The van der Waals surface area contributed by atoms with Crippen LogP contribution in [-0.4, -0.2) is 6.21 Å². The van der Waals surface area contributed by atoms with Crippen molar-refractivity contribution in [3.8, 4) is 0 Å². The molecule has 0 bridgehead atoms. The number of rotatable bonds is 3. The van der Waals surface area contributed by atoms with Crippen LogP contribution in [0.3, 0.4) is 0 Å². The largest absolute Gasteiger partial charge is 0.256 e. The summed E-state index contributed by atoms with van der Waals surface area (Å²) in [6, 6.07) is 27.3. The number of nitrogens with zero attached hydrogens (tertiary/aromatic N) is 1. The third-order valence-electron chi connectivity index (χ3n) is 4.56. The zero-order chi connectivity index (χ0) is 16.4. The fourth-order valence-electron chi connectivity index (χ4n) is 3.44. The topological polar surface area (TPSA) is 12.4 Å². The average molecular weight is 309 g/mol. The molecule has 0 aliphatic heterocycles. The molecule has 0 radical (unpaired) electrons. The molecule has 1 heteroatoms. The second kappa shape index (κ2) is 6.29. The predicted octanol–water partition coefficient (Wildman–Crippen LogP) is 5.99. The lowest BCUT2D eigenvalue weighted by Crippen LogP contribution is -2.03. The Balaban J connectivity index is 1.75. The zero-order valence-corrected chi connectivity index (χ0v) is 13.7. The fraction of sp³-hybridized carbons (Fsp3) is 0.0870. The first kappa shape index (κ1) is 14.6. The Morgan fingerprint density at radius 3 is 2.25 bits per heavy atom. The lowest BCUT2D eigenvalue weighted by Gasteiger charge is -2.17. The molecule has 1 aliphatic carbocycles. The first-order valence-electron chi connectivity index (χ1n) is 8.28. The van der Waals surface area contributed by atoms with Gasteiger partial charge in [0, 0.05) is 12.1 Å². The summed E-state index contributed by atoms with van der Waals surface area (Å²) in [4.78, 5) is 4.65. The Morgan fingerprint density at radius 1 is 0.750 bits per heavy atom. The summed E-state index contributed by atoms with van der Waals surface area (Å²) in [5.74, 6) is 0.319. The van der Waals surface area contributed by atoms with Gasteiger partial charge < -0.3 is 0 Å². The van der Waals surface area contributed by atoms with E-state index in [0.29, 0.717) is 5.92 Å². The number of para-hydroxylation sites is 1. The van der Waals surface area contributed by atoms with Gasteiger partial charge in [0.25, 0.3) is 0 Å². The van der Waals surface area contributed by atoms with E-state index in [1.165, 1.54) is 27.8 Å². The van der Waals surface area contributed by atoms with Crippen LogP contribution >= 0.6 is 0 Å². The van der Waals surface area contributed by atoms with Crippen LogP contribution < -0.4 is 0 Å². The van der Waals surface area contributed by atoms with Crippen molar-refractivity contribution in [1.29, 1.82) is 0 Å². The minimum atomic E-state index is 0.319. The van der Waals surface area contributed by atoms with Gasteiger partial charge in [0.2, 0.25) is 0 Å². The van der Waals surface area contributed by atoms with Crippen molar-refractivity contribution < 1.29 is 0 Å². The van der Waals surface area contributed by atoms with E-state index in [1.807, 2.05) is 36.5 Å². The minimum Gasteiger partial charge on any atom is -0.256 e. The molecule has 0 spiro atoms. The molecule has 3 aromatic carbocycles. The molecule has 1 aliphatic rings. The Bertz CT molecular complexity index is 920. The van der Waals surface area contributed by atoms with Crippen LogP contribution in [0.1, 0.15) is 35.1 Å². The van der Waals surface area contributed by atoms with E-state index in [-0.39, 0.29) is 0 Å². The van der Waals surface area contributed by atoms with E-state index in [9.17, 15) is 0 Å². The molecule has 0 aromatic heterocycles. The fourth-order valence-corrected chi connectivity index (χ4v) is 3.44. The van der Waals surface area contributed by atoms with Gasteiger partial charge in [0.15, 0.2) is 0 Å². The first-order chi connectivity index (χ1) is 11.8. The van der Waals surface area contributed by atoms with Gasteiger partial charge in [-0.1, -0.05) is 78.4 Å². The molecule has 1 atom stereocenters. The van der Waals surface area contributed by atoms with Crippen LogP contribution in [0.5, 0.6) is 0 Å². The summed E-state index contributed by atoms with van der Waals surface area (Å²) in [5, 5.41) is 0. The number of benzene rings is 3. The lowest BCUT2D eigenvalue weighted by molar-refractivity contribution is 0.974. The highest BCUT2D eigenvalue weighted by Gasteiger charge is 2.25. The van der Waals surface area contributed by atoms with Gasteiger partial charge in [-0.15, -0.1) is 0 Å². The minimum absolute atomic E-state index is 0.319. The van der Waals surface area contributed by atoms with Crippen LogP contribution in [-0.2, 0) is 0 Å². The Hall–Kier alpha value is -2.93. The van der Waals surface area contributed by atoms with E-state index < -0.39 is 0 Å². The van der Waals surface area contributed by atoms with E-state index >= 15 is 0 Å². The molecule has 0 amide bonds. The van der Waals surface area contributed by atoms with Crippen molar-refractivity contribution in [2.75, 3.05) is 0 Å². The van der Waals surface area contributed by atoms with Crippen molar-refractivity contribution in [2.24, 2.45) is 4.99 Å². The molecule has 0 fully saturated rings. The molecular weight excluding hydrogens is 290 g/mol. The second-order valence-corrected chi connectivity index (χ2v) is 6.17. The van der Waals surface area contributed by atoms with Crippen LogP contribution in [0.25, 0.3) is 6.08 Å². The van der Waals surface area contributed by atoms with Crippen molar-refractivity contribution in [2.45, 2.75) is 12.8 Å². The van der Waals surface area contributed by atoms with E-state index in [2.05, 4.69) is 66.5 Å². The summed E-state index contributed by atoms with van der Waals surface area (Å²) in [6.07, 6.45) is 4.28. The number of fused-ring (bicyclic) bond motifs is 1. The molecule has 1 unspecified atom stereocenters. The maximum atomic E-state index is 4.65. The van der Waals surface area contributed by atoms with Gasteiger partial charge >= 0.3 is 0 Å². The molecule has 3 aromatic rings. The lowest BCUT2D eigenvalue weighted by atomic mass is 9.86. The van der Waals surface area contributed by atoms with Crippen LogP contribution in [0.15, 0.2) is 89.4 Å². The molecular formula is C23H19N. The van der Waals surface area contributed by atoms with E-state index in [1.54, 1.807) is 0 Å². The molecule has 24 heavy (non-hydrogen) atoms. The summed E-state index contributed by atoms with van der Waals surface area (Å²) >= 11 is 0. The number of aliphatic imine (C=N–C) groups is 1. The third-order valence-corrected chi connectivity index (χ3v) is 4.56. The maximum Gasteiger partial charge on any atom is 0.0629 e. The summed E-state index contributed by atoms with van der Waals surface area (Å²) in [7, 11) is 0. The molecule has 116 valence electrons. The van der Waals surface area contributed by atoms with Gasteiger partial charge in [0.05, 0.1) is 5.69 Å². The van der Waals surface area contributed by atoms with Crippen molar-refractivity contribution in [3.05, 3.63) is 107 Å². The second-order valence-electron chi connectivity index (χ2n) is 6.17. The van der Waals surface area contributed by atoms with Crippen molar-refractivity contribution >= 4 is 18.0 Å². The van der Waals surface area contributed by atoms with Gasteiger partial charge in [-0.3, -0.25) is 4.99 Å². The van der Waals surface area contributed by atoms with Crippen molar-refractivity contribution in [3.63, 3.8) is 0 Å². The molecule has 0 saturated heterocycles. The summed E-state index contributed by atoms with van der Waals surface area (Å²) in [6.45, 7) is 2.22. The number of allylic oxidation sites excluding steroid dienone is 1. The summed E-state index contributed by atoms with van der Waals surface area (Å²) < 4.78 is 0. The standard InChI is InChI=1S/C23H19N/c1-17-15-18-9-5-7-13-21(18)23(17)22-14-8-6-10-19(22)16-24-20-11-3-2-4-12-20/h2-16,23H,1H3. The number of hydrogen-bond donors (Lipinski definition) is 0. The zero-order valence-electron chi connectivity index (χ0n) is 13.7. The van der Waals surface area contributed by atoms with Crippen LogP contribution in [0.2, 0.25) is 0 Å². The van der Waals surface area contributed by atoms with Crippen LogP contribution in [0.4, 0.5) is 5.69 Å². The molecule has 4 rings (SSSR count). The van der Waals surface area contributed by atoms with Gasteiger partial charge in [-0.25, -0.2) is 0 Å². The van der Waals surface area contributed by atoms with Gasteiger partial charge in [-0.2, -0.15) is 0 Å². The summed E-state index contributed by atoms with van der Waals surface area (Å²) in [5.41, 5.74) is 7.57. The molecule has 0 N–H and O–H groups in total. The number of hydrogen-bond acceptors (Lipinski definition) is 1. The molecule has 1 nitrogen and oxygen atoms in total.